The van der Waals surface area contributed by atoms with E-state index in [4.69, 9.17) is 0 Å². The van der Waals surface area contributed by atoms with Crippen molar-refractivity contribution in [1.82, 2.24) is 20.1 Å². The third-order valence-electron chi connectivity index (χ3n) is 2.79. The average Bonchev–Trinajstić information content (AvgIpc) is 2.77. The molecule has 0 spiro atoms. The predicted octanol–water partition coefficient (Wildman–Crippen LogP) is 2.46. The molecular formula is C13H15BrN4O. The first-order valence-corrected chi connectivity index (χ1v) is 6.67. The van der Waals surface area contributed by atoms with Gasteiger partial charge in [-0.15, -0.1) is 0 Å². The minimum atomic E-state index is -0.0574. The summed E-state index contributed by atoms with van der Waals surface area (Å²) in [5.41, 5.74) is 1.68. The summed E-state index contributed by atoms with van der Waals surface area (Å²) in [5.74, 6) is 1.29. The Labute approximate surface area is 120 Å². The number of aryl methyl sites for hydroxylation is 2. The van der Waals surface area contributed by atoms with E-state index in [-0.39, 0.29) is 5.91 Å². The molecule has 0 radical (unpaired) electrons. The molecule has 1 aromatic carbocycles. The third kappa shape index (κ3) is 3.01. The molecular weight excluding hydrogens is 308 g/mol. The quantitative estimate of drug-likeness (QED) is 0.944. The average molecular weight is 323 g/mol. The van der Waals surface area contributed by atoms with Crippen LogP contribution in [0.25, 0.3) is 0 Å². The molecule has 0 fully saturated rings. The van der Waals surface area contributed by atoms with Gasteiger partial charge in [0, 0.05) is 11.5 Å². The fraction of sp³-hybridized carbons (Fsp3) is 0.308. The Bertz CT molecular complexity index is 608. The van der Waals surface area contributed by atoms with Crippen LogP contribution in [-0.2, 0) is 6.54 Å². The zero-order valence-corrected chi connectivity index (χ0v) is 12.7. The molecule has 0 aliphatic rings. The number of hydrogen-bond donors (Lipinski definition) is 1. The van der Waals surface area contributed by atoms with Crippen molar-refractivity contribution >= 4 is 21.8 Å². The smallest absolute Gasteiger partial charge is 0.255 e. The van der Waals surface area contributed by atoms with Gasteiger partial charge in [0.15, 0.2) is 5.82 Å². The summed E-state index contributed by atoms with van der Waals surface area (Å²) in [5, 5.41) is 6.79. The second-order valence-electron chi connectivity index (χ2n) is 4.43. The fourth-order valence-electron chi connectivity index (χ4n) is 1.76. The fourth-order valence-corrected chi connectivity index (χ4v) is 2.20. The highest BCUT2D eigenvalue weighted by molar-refractivity contribution is 9.10. The zero-order valence-electron chi connectivity index (χ0n) is 11.1. The number of benzene rings is 1. The number of amides is 1. The number of aromatic nitrogens is 3. The Morgan fingerprint density at radius 1 is 1.42 bits per heavy atom. The maximum atomic E-state index is 12.4. The van der Waals surface area contributed by atoms with Crippen molar-refractivity contribution in [2.24, 2.45) is 0 Å². The van der Waals surface area contributed by atoms with Gasteiger partial charge in [-0.25, -0.2) is 4.98 Å². The van der Waals surface area contributed by atoms with E-state index in [1.807, 2.05) is 26.0 Å². The lowest BCUT2D eigenvalue weighted by Crippen LogP contribution is -2.27. The van der Waals surface area contributed by atoms with Gasteiger partial charge in [-0.3, -0.25) is 9.89 Å². The van der Waals surface area contributed by atoms with E-state index in [9.17, 15) is 4.79 Å². The first-order valence-electron chi connectivity index (χ1n) is 5.87. The van der Waals surface area contributed by atoms with Gasteiger partial charge < -0.3 is 4.90 Å². The Morgan fingerprint density at radius 3 is 2.79 bits per heavy atom. The van der Waals surface area contributed by atoms with E-state index in [1.165, 1.54) is 0 Å². The number of aromatic amines is 1. The van der Waals surface area contributed by atoms with E-state index in [0.717, 1.165) is 15.9 Å². The third-order valence-corrected chi connectivity index (χ3v) is 3.84. The number of hydrogen-bond acceptors (Lipinski definition) is 3. The van der Waals surface area contributed by atoms with Crippen molar-refractivity contribution in [3.05, 3.63) is 45.4 Å². The lowest BCUT2D eigenvalue weighted by Gasteiger charge is -2.16. The van der Waals surface area contributed by atoms with Crippen LogP contribution in [0.15, 0.2) is 22.7 Å². The Kier molecular flexibility index (Phi) is 3.99. The molecule has 0 saturated heterocycles. The molecule has 2 rings (SSSR count). The number of carbonyl (C=O) groups is 1. The number of nitrogens with zero attached hydrogens (tertiary/aromatic N) is 3. The van der Waals surface area contributed by atoms with Gasteiger partial charge in [0.1, 0.15) is 5.82 Å². The van der Waals surface area contributed by atoms with Crippen LogP contribution in [0.2, 0.25) is 0 Å². The van der Waals surface area contributed by atoms with Crippen LogP contribution in [0.4, 0.5) is 0 Å². The maximum absolute atomic E-state index is 12.4. The number of rotatable bonds is 3. The molecule has 0 unspecified atom stereocenters. The van der Waals surface area contributed by atoms with E-state index >= 15 is 0 Å². The van der Waals surface area contributed by atoms with Gasteiger partial charge in [-0.2, -0.15) is 5.10 Å². The molecule has 2 aromatic rings. The summed E-state index contributed by atoms with van der Waals surface area (Å²) in [4.78, 5) is 18.2. The molecule has 1 N–H and O–H groups in total. The summed E-state index contributed by atoms with van der Waals surface area (Å²) < 4.78 is 0.831. The predicted molar refractivity (Wildman–Crippen MR) is 75.8 cm³/mol. The molecule has 100 valence electrons. The van der Waals surface area contributed by atoms with Crippen LogP contribution in [-0.4, -0.2) is 33.0 Å². The monoisotopic (exact) mass is 322 g/mol. The molecule has 0 aliphatic heterocycles. The van der Waals surface area contributed by atoms with Crippen molar-refractivity contribution in [2.45, 2.75) is 20.4 Å². The number of nitrogens with one attached hydrogen (secondary N) is 1. The molecule has 1 amide bonds. The molecule has 0 bridgehead atoms. The van der Waals surface area contributed by atoms with Crippen molar-refractivity contribution in [3.63, 3.8) is 0 Å². The van der Waals surface area contributed by atoms with Crippen LogP contribution >= 0.6 is 15.9 Å². The lowest BCUT2D eigenvalue weighted by molar-refractivity contribution is 0.0780. The van der Waals surface area contributed by atoms with E-state index in [1.54, 1.807) is 18.0 Å². The summed E-state index contributed by atoms with van der Waals surface area (Å²) in [6, 6.07) is 5.64. The van der Waals surface area contributed by atoms with Gasteiger partial charge in [0.25, 0.3) is 5.91 Å². The number of H-pyrrole nitrogens is 1. The van der Waals surface area contributed by atoms with Crippen LogP contribution in [0.1, 0.15) is 27.6 Å². The first kappa shape index (κ1) is 13.7. The Hall–Kier alpha value is -1.69. The second-order valence-corrected chi connectivity index (χ2v) is 5.23. The van der Waals surface area contributed by atoms with Gasteiger partial charge >= 0.3 is 0 Å². The van der Waals surface area contributed by atoms with Crippen molar-refractivity contribution in [2.75, 3.05) is 7.05 Å². The normalized spacial score (nSPS) is 10.5. The van der Waals surface area contributed by atoms with Crippen LogP contribution in [0.3, 0.4) is 0 Å². The van der Waals surface area contributed by atoms with Crippen LogP contribution < -0.4 is 0 Å². The summed E-state index contributed by atoms with van der Waals surface area (Å²) >= 11 is 3.45. The SMILES string of the molecule is Cc1nc(CN(C)C(=O)c2cccc(C)c2Br)n[nH]1. The summed E-state index contributed by atoms with van der Waals surface area (Å²) in [6.45, 7) is 4.17. The molecule has 5 nitrogen and oxygen atoms in total. The first-order chi connectivity index (χ1) is 8.99. The largest absolute Gasteiger partial charge is 0.334 e. The molecule has 6 heteroatoms. The number of halogens is 1. The summed E-state index contributed by atoms with van der Waals surface area (Å²) in [6.07, 6.45) is 0. The highest BCUT2D eigenvalue weighted by Gasteiger charge is 2.17. The highest BCUT2D eigenvalue weighted by Crippen LogP contribution is 2.22. The van der Waals surface area contributed by atoms with Gasteiger partial charge in [0.05, 0.1) is 12.1 Å². The van der Waals surface area contributed by atoms with E-state index in [2.05, 4.69) is 31.1 Å². The topological polar surface area (TPSA) is 61.9 Å². The molecule has 19 heavy (non-hydrogen) atoms. The lowest BCUT2D eigenvalue weighted by atomic mass is 10.1. The zero-order chi connectivity index (χ0) is 14.0. The maximum Gasteiger partial charge on any atom is 0.255 e. The van der Waals surface area contributed by atoms with Crippen molar-refractivity contribution in [1.29, 1.82) is 0 Å². The Morgan fingerprint density at radius 2 is 2.16 bits per heavy atom. The van der Waals surface area contributed by atoms with Gasteiger partial charge in [-0.05, 0) is 41.4 Å². The van der Waals surface area contributed by atoms with Gasteiger partial charge in [0.2, 0.25) is 0 Å². The van der Waals surface area contributed by atoms with Crippen molar-refractivity contribution in [3.8, 4) is 0 Å². The molecule has 1 aromatic heterocycles. The highest BCUT2D eigenvalue weighted by atomic mass is 79.9. The molecule has 1 heterocycles. The molecule has 0 saturated carbocycles. The van der Waals surface area contributed by atoms with E-state index < -0.39 is 0 Å². The minimum Gasteiger partial charge on any atom is -0.334 e. The minimum absolute atomic E-state index is 0.0574. The summed E-state index contributed by atoms with van der Waals surface area (Å²) in [7, 11) is 1.74. The molecule has 0 aliphatic carbocycles. The van der Waals surface area contributed by atoms with Crippen molar-refractivity contribution < 1.29 is 4.79 Å². The second kappa shape index (κ2) is 5.52. The Balaban J connectivity index is 2.17. The van der Waals surface area contributed by atoms with Crippen LogP contribution in [0, 0.1) is 13.8 Å². The van der Waals surface area contributed by atoms with Gasteiger partial charge in [-0.1, -0.05) is 12.1 Å². The number of carbonyl (C=O) groups excluding carboxylic acids is 1. The molecule has 0 atom stereocenters. The standard InChI is InChI=1S/C13H15BrN4O/c1-8-5-4-6-10(12(8)14)13(19)18(3)7-11-15-9(2)16-17-11/h4-6H,7H2,1-3H3,(H,15,16,17). The van der Waals surface area contributed by atoms with Crippen LogP contribution in [0.5, 0.6) is 0 Å². The van der Waals surface area contributed by atoms with E-state index in [0.29, 0.717) is 17.9 Å².